The standard InChI is InChI=1S/C20H18ClNO5/c21-16-6-2-1-5-14(16)9-10-20(24)26-13-19(23)22-11-15-12-25-17-7-3-4-8-18(17)27-15/h1-10,15H,11-13H2,(H,22,23)/b10-9+/t15-/m1/s1. The Kier molecular flexibility index (Phi) is 6.33. The van der Waals surface area contributed by atoms with E-state index in [4.69, 9.17) is 25.8 Å². The van der Waals surface area contributed by atoms with Crippen molar-refractivity contribution in [1.29, 1.82) is 0 Å². The van der Waals surface area contributed by atoms with Crippen LogP contribution >= 0.6 is 11.6 Å². The monoisotopic (exact) mass is 387 g/mol. The molecule has 0 aliphatic carbocycles. The van der Waals surface area contributed by atoms with Crippen molar-refractivity contribution in [3.63, 3.8) is 0 Å². The molecule has 0 radical (unpaired) electrons. The van der Waals surface area contributed by atoms with E-state index in [9.17, 15) is 9.59 Å². The third-order valence-corrected chi connectivity index (χ3v) is 4.09. The second-order valence-electron chi connectivity index (χ2n) is 5.76. The molecule has 0 fully saturated rings. The zero-order valence-corrected chi connectivity index (χ0v) is 15.1. The molecule has 7 heteroatoms. The van der Waals surface area contributed by atoms with Gasteiger partial charge in [-0.3, -0.25) is 4.79 Å². The molecule has 1 atom stereocenters. The van der Waals surface area contributed by atoms with E-state index in [1.54, 1.807) is 30.3 Å². The van der Waals surface area contributed by atoms with Crippen LogP contribution < -0.4 is 14.8 Å². The molecule has 6 nitrogen and oxygen atoms in total. The molecule has 1 amide bonds. The zero-order chi connectivity index (χ0) is 19.1. The minimum Gasteiger partial charge on any atom is -0.486 e. The normalized spacial score (nSPS) is 15.4. The van der Waals surface area contributed by atoms with Crippen LogP contribution in [0.1, 0.15) is 5.56 Å². The predicted molar refractivity (Wildman–Crippen MR) is 101 cm³/mol. The van der Waals surface area contributed by atoms with Crippen molar-refractivity contribution in [2.45, 2.75) is 6.10 Å². The number of amides is 1. The van der Waals surface area contributed by atoms with E-state index in [-0.39, 0.29) is 19.3 Å². The van der Waals surface area contributed by atoms with Crippen LogP contribution in [0.15, 0.2) is 54.6 Å². The van der Waals surface area contributed by atoms with Crippen molar-refractivity contribution < 1.29 is 23.8 Å². The highest BCUT2D eigenvalue weighted by Crippen LogP contribution is 2.30. The van der Waals surface area contributed by atoms with Crippen LogP contribution in [0.25, 0.3) is 6.08 Å². The lowest BCUT2D eigenvalue weighted by atomic mass is 10.2. The molecule has 0 saturated heterocycles. The number of para-hydroxylation sites is 2. The summed E-state index contributed by atoms with van der Waals surface area (Å²) in [6.45, 7) is 0.202. The number of esters is 1. The summed E-state index contributed by atoms with van der Waals surface area (Å²) >= 11 is 5.99. The fourth-order valence-electron chi connectivity index (χ4n) is 2.40. The molecule has 0 spiro atoms. The summed E-state index contributed by atoms with van der Waals surface area (Å²) in [4.78, 5) is 23.5. The van der Waals surface area contributed by atoms with Crippen LogP contribution in [0, 0.1) is 0 Å². The van der Waals surface area contributed by atoms with Crippen molar-refractivity contribution in [2.24, 2.45) is 0 Å². The maximum absolute atomic E-state index is 11.8. The number of hydrogen-bond acceptors (Lipinski definition) is 5. The second-order valence-corrected chi connectivity index (χ2v) is 6.17. The Hall–Kier alpha value is -2.99. The van der Waals surface area contributed by atoms with Crippen LogP contribution in [0.3, 0.4) is 0 Å². The highest BCUT2D eigenvalue weighted by atomic mass is 35.5. The van der Waals surface area contributed by atoms with E-state index in [2.05, 4.69) is 5.32 Å². The van der Waals surface area contributed by atoms with Crippen LogP contribution in [0.2, 0.25) is 5.02 Å². The molecular formula is C20H18ClNO5. The van der Waals surface area contributed by atoms with Gasteiger partial charge in [-0.25, -0.2) is 4.79 Å². The lowest BCUT2D eigenvalue weighted by Gasteiger charge is -2.26. The molecular weight excluding hydrogens is 370 g/mol. The van der Waals surface area contributed by atoms with Crippen molar-refractivity contribution in [1.82, 2.24) is 5.32 Å². The number of carbonyl (C=O) groups is 2. The van der Waals surface area contributed by atoms with E-state index in [0.29, 0.717) is 28.7 Å². The molecule has 0 bridgehead atoms. The predicted octanol–water partition coefficient (Wildman–Crippen LogP) is 2.85. The van der Waals surface area contributed by atoms with E-state index in [1.807, 2.05) is 18.2 Å². The van der Waals surface area contributed by atoms with E-state index in [1.165, 1.54) is 12.2 Å². The topological polar surface area (TPSA) is 73.9 Å². The Morgan fingerprint density at radius 2 is 1.89 bits per heavy atom. The average molecular weight is 388 g/mol. The smallest absolute Gasteiger partial charge is 0.331 e. The van der Waals surface area contributed by atoms with Gasteiger partial charge in [-0.1, -0.05) is 41.9 Å². The summed E-state index contributed by atoms with van der Waals surface area (Å²) in [6.07, 6.45) is 2.45. The number of rotatable bonds is 6. The molecule has 0 saturated carbocycles. The van der Waals surface area contributed by atoms with Crippen molar-refractivity contribution in [3.05, 3.63) is 65.2 Å². The molecule has 0 unspecified atom stereocenters. The summed E-state index contributed by atoms with van der Waals surface area (Å²) in [5.74, 6) is 0.270. The van der Waals surface area contributed by atoms with Gasteiger partial charge in [-0.15, -0.1) is 0 Å². The Labute approximate surface area is 161 Å². The first-order valence-electron chi connectivity index (χ1n) is 8.36. The first kappa shape index (κ1) is 18.8. The summed E-state index contributed by atoms with van der Waals surface area (Å²) in [5, 5.41) is 3.18. The molecule has 27 heavy (non-hydrogen) atoms. The van der Waals surface area contributed by atoms with Gasteiger partial charge in [0.1, 0.15) is 12.7 Å². The van der Waals surface area contributed by atoms with Crippen molar-refractivity contribution in [2.75, 3.05) is 19.8 Å². The Balaban J connectivity index is 1.39. The Morgan fingerprint density at radius 1 is 1.15 bits per heavy atom. The molecule has 1 N–H and O–H groups in total. The molecule has 1 aliphatic rings. The molecule has 0 aromatic heterocycles. The maximum Gasteiger partial charge on any atom is 0.331 e. The van der Waals surface area contributed by atoms with Gasteiger partial charge in [-0.2, -0.15) is 0 Å². The van der Waals surface area contributed by atoms with Gasteiger partial charge >= 0.3 is 5.97 Å². The highest BCUT2D eigenvalue weighted by Gasteiger charge is 2.21. The van der Waals surface area contributed by atoms with Gasteiger partial charge in [0.05, 0.1) is 6.54 Å². The van der Waals surface area contributed by atoms with Gasteiger partial charge in [0, 0.05) is 11.1 Å². The molecule has 140 valence electrons. The lowest BCUT2D eigenvalue weighted by molar-refractivity contribution is -0.143. The molecule has 3 rings (SSSR count). The van der Waals surface area contributed by atoms with Crippen LogP contribution in [0.4, 0.5) is 0 Å². The third-order valence-electron chi connectivity index (χ3n) is 3.74. The number of ether oxygens (including phenoxy) is 3. The average Bonchev–Trinajstić information content (AvgIpc) is 2.70. The van der Waals surface area contributed by atoms with Gasteiger partial charge < -0.3 is 19.5 Å². The number of hydrogen-bond donors (Lipinski definition) is 1. The number of halogens is 1. The fourth-order valence-corrected chi connectivity index (χ4v) is 2.59. The minimum absolute atomic E-state index is 0.250. The summed E-state index contributed by atoms with van der Waals surface area (Å²) in [6, 6.07) is 14.4. The van der Waals surface area contributed by atoms with E-state index in [0.717, 1.165) is 0 Å². The Bertz CT molecular complexity index is 852. The molecule has 1 aliphatic heterocycles. The fraction of sp³-hybridized carbons (Fsp3) is 0.200. The van der Waals surface area contributed by atoms with Crippen molar-refractivity contribution in [3.8, 4) is 11.5 Å². The molecule has 2 aromatic carbocycles. The first-order chi connectivity index (χ1) is 13.1. The number of benzene rings is 2. The van der Waals surface area contributed by atoms with Crippen LogP contribution in [-0.4, -0.2) is 37.7 Å². The maximum atomic E-state index is 11.8. The lowest BCUT2D eigenvalue weighted by Crippen LogP contribution is -2.42. The minimum atomic E-state index is -0.628. The highest BCUT2D eigenvalue weighted by molar-refractivity contribution is 6.32. The van der Waals surface area contributed by atoms with Crippen molar-refractivity contribution >= 4 is 29.6 Å². The van der Waals surface area contributed by atoms with Gasteiger partial charge in [-0.05, 0) is 29.8 Å². The van der Waals surface area contributed by atoms with Crippen LogP contribution in [0.5, 0.6) is 11.5 Å². The number of fused-ring (bicyclic) bond motifs is 1. The second kappa shape index (κ2) is 9.09. The zero-order valence-electron chi connectivity index (χ0n) is 14.4. The third kappa shape index (κ3) is 5.49. The molecule has 1 heterocycles. The largest absolute Gasteiger partial charge is 0.486 e. The number of carbonyl (C=O) groups excluding carboxylic acids is 2. The summed E-state index contributed by atoms with van der Waals surface area (Å²) in [7, 11) is 0. The summed E-state index contributed by atoms with van der Waals surface area (Å²) in [5.41, 5.74) is 0.690. The van der Waals surface area contributed by atoms with Crippen LogP contribution in [-0.2, 0) is 14.3 Å². The number of nitrogens with one attached hydrogen (secondary N) is 1. The van der Waals surface area contributed by atoms with Gasteiger partial charge in [0.25, 0.3) is 5.91 Å². The SMILES string of the molecule is O=C(COC(=O)/C=C/c1ccccc1Cl)NC[C@@H]1COc2ccccc2O1. The first-order valence-corrected chi connectivity index (χ1v) is 8.74. The summed E-state index contributed by atoms with van der Waals surface area (Å²) < 4.78 is 16.2. The van der Waals surface area contributed by atoms with E-state index >= 15 is 0 Å². The molecule has 2 aromatic rings. The van der Waals surface area contributed by atoms with Gasteiger partial charge in [0.2, 0.25) is 0 Å². The quantitative estimate of drug-likeness (QED) is 0.609. The Morgan fingerprint density at radius 3 is 2.70 bits per heavy atom. The van der Waals surface area contributed by atoms with E-state index < -0.39 is 11.9 Å². The van der Waals surface area contributed by atoms with Gasteiger partial charge in [0.15, 0.2) is 18.1 Å².